The Morgan fingerprint density at radius 2 is 1.69 bits per heavy atom. The van der Waals surface area contributed by atoms with Crippen molar-refractivity contribution in [1.82, 2.24) is 4.90 Å². The molecule has 0 saturated carbocycles. The first kappa shape index (κ1) is 19.9. The average molecular weight is 389 g/mol. The van der Waals surface area contributed by atoms with E-state index in [0.717, 1.165) is 51.3 Å². The van der Waals surface area contributed by atoms with Crippen molar-refractivity contribution in [3.8, 4) is 5.75 Å². The zero-order valence-electron chi connectivity index (χ0n) is 17.2. The minimum atomic E-state index is 0.341. The molecule has 1 atom stereocenters. The fourth-order valence-electron chi connectivity index (χ4n) is 4.17. The lowest BCUT2D eigenvalue weighted by atomic mass is 10.1. The lowest BCUT2D eigenvalue weighted by Crippen LogP contribution is -2.26. The molecule has 3 heteroatoms. The molecule has 0 bridgehead atoms. The molecule has 3 aromatic carbocycles. The number of nitrogens with zero attached hydrogens (tertiary/aromatic N) is 1. The fourth-order valence-corrected chi connectivity index (χ4v) is 4.17. The van der Waals surface area contributed by atoms with E-state index < -0.39 is 0 Å². The van der Waals surface area contributed by atoms with Gasteiger partial charge >= 0.3 is 0 Å². The van der Waals surface area contributed by atoms with E-state index in [9.17, 15) is 0 Å². The summed E-state index contributed by atoms with van der Waals surface area (Å²) in [6, 6.07) is 24.2. The summed E-state index contributed by atoms with van der Waals surface area (Å²) in [7, 11) is 0. The Labute approximate surface area is 174 Å². The van der Waals surface area contributed by atoms with E-state index in [1.165, 1.54) is 34.7 Å². The van der Waals surface area contributed by atoms with Crippen LogP contribution in [0.15, 0.2) is 66.7 Å². The van der Waals surface area contributed by atoms with Gasteiger partial charge in [-0.1, -0.05) is 48.5 Å². The minimum Gasteiger partial charge on any atom is -0.494 e. The second-order valence-corrected chi connectivity index (χ2v) is 8.27. The number of ether oxygens (including phenoxy) is 1. The van der Waals surface area contributed by atoms with Gasteiger partial charge in [-0.15, -0.1) is 0 Å². The zero-order valence-corrected chi connectivity index (χ0v) is 17.2. The number of benzene rings is 3. The topological polar surface area (TPSA) is 38.5 Å². The van der Waals surface area contributed by atoms with Gasteiger partial charge in [0.1, 0.15) is 5.75 Å². The third-order valence-corrected chi connectivity index (χ3v) is 5.81. The van der Waals surface area contributed by atoms with E-state index >= 15 is 0 Å². The molecule has 3 nitrogen and oxygen atoms in total. The molecule has 1 aliphatic heterocycles. The Kier molecular flexibility index (Phi) is 6.81. The maximum absolute atomic E-state index is 6.02. The molecule has 0 aliphatic carbocycles. The Balaban J connectivity index is 1.23. The number of unbranched alkanes of at least 4 members (excludes halogenated alkanes) is 2. The zero-order chi connectivity index (χ0) is 19.9. The van der Waals surface area contributed by atoms with Crippen LogP contribution in [-0.2, 0) is 13.0 Å². The van der Waals surface area contributed by atoms with Crippen molar-refractivity contribution in [1.29, 1.82) is 0 Å². The number of nitrogens with two attached hydrogens (primary N) is 1. The lowest BCUT2D eigenvalue weighted by Gasteiger charge is -2.15. The number of fused-ring (bicyclic) bond motifs is 1. The Morgan fingerprint density at radius 1 is 0.862 bits per heavy atom. The monoisotopic (exact) mass is 388 g/mol. The van der Waals surface area contributed by atoms with Gasteiger partial charge in [0.05, 0.1) is 6.61 Å². The molecule has 0 unspecified atom stereocenters. The summed E-state index contributed by atoms with van der Waals surface area (Å²) in [5, 5.41) is 2.52. The maximum Gasteiger partial charge on any atom is 0.119 e. The first-order valence-electron chi connectivity index (χ1n) is 10.9. The van der Waals surface area contributed by atoms with E-state index in [4.69, 9.17) is 10.5 Å². The lowest BCUT2D eigenvalue weighted by molar-refractivity contribution is 0.305. The molecule has 1 aliphatic rings. The maximum atomic E-state index is 6.02. The summed E-state index contributed by atoms with van der Waals surface area (Å²) in [6.07, 6.45) is 5.78. The van der Waals surface area contributed by atoms with Crippen LogP contribution in [0.2, 0.25) is 0 Å². The largest absolute Gasteiger partial charge is 0.494 e. The number of aryl methyl sites for hydroxylation is 1. The van der Waals surface area contributed by atoms with E-state index in [0.29, 0.717) is 6.04 Å². The summed E-state index contributed by atoms with van der Waals surface area (Å²) >= 11 is 0. The first-order valence-corrected chi connectivity index (χ1v) is 10.9. The van der Waals surface area contributed by atoms with Gasteiger partial charge in [0.15, 0.2) is 0 Å². The van der Waals surface area contributed by atoms with Crippen LogP contribution < -0.4 is 10.5 Å². The van der Waals surface area contributed by atoms with E-state index in [2.05, 4.69) is 71.6 Å². The van der Waals surface area contributed by atoms with Crippen molar-refractivity contribution in [3.63, 3.8) is 0 Å². The Morgan fingerprint density at radius 3 is 2.52 bits per heavy atom. The molecule has 1 heterocycles. The smallest absolute Gasteiger partial charge is 0.119 e. The average Bonchev–Trinajstić information content (AvgIpc) is 3.16. The predicted molar refractivity (Wildman–Crippen MR) is 121 cm³/mol. The van der Waals surface area contributed by atoms with Gasteiger partial charge in [0.2, 0.25) is 0 Å². The third-order valence-electron chi connectivity index (χ3n) is 5.81. The minimum absolute atomic E-state index is 0.341. The van der Waals surface area contributed by atoms with Crippen molar-refractivity contribution in [2.24, 2.45) is 5.73 Å². The summed E-state index contributed by atoms with van der Waals surface area (Å²) in [4.78, 5) is 2.45. The van der Waals surface area contributed by atoms with Gasteiger partial charge in [0, 0.05) is 25.7 Å². The van der Waals surface area contributed by atoms with Crippen molar-refractivity contribution in [2.45, 2.75) is 44.7 Å². The van der Waals surface area contributed by atoms with Crippen LogP contribution in [0.1, 0.15) is 36.8 Å². The first-order chi connectivity index (χ1) is 14.3. The standard InChI is InChI=1S/C26H32N2O/c27-25-14-15-28(20-25)19-22-10-11-24-18-26(13-12-23(24)17-22)29-16-6-2-5-9-21-7-3-1-4-8-21/h1,3-4,7-8,10-13,17-18,25H,2,5-6,9,14-16,19-20,27H2/t25-/m1/s1. The van der Waals surface area contributed by atoms with Crippen molar-refractivity contribution >= 4 is 10.8 Å². The number of hydrogen-bond donors (Lipinski definition) is 1. The van der Waals surface area contributed by atoms with Gasteiger partial charge in [-0.25, -0.2) is 0 Å². The molecule has 0 amide bonds. The highest BCUT2D eigenvalue weighted by Gasteiger charge is 2.18. The van der Waals surface area contributed by atoms with Gasteiger partial charge in [-0.3, -0.25) is 4.90 Å². The van der Waals surface area contributed by atoms with Gasteiger partial charge in [-0.05, 0) is 72.2 Å². The molecule has 29 heavy (non-hydrogen) atoms. The normalized spacial score (nSPS) is 17.1. The number of likely N-dealkylation sites (tertiary alicyclic amines) is 1. The second kappa shape index (κ2) is 9.91. The highest BCUT2D eigenvalue weighted by molar-refractivity contribution is 5.84. The number of rotatable bonds is 9. The molecular weight excluding hydrogens is 356 g/mol. The van der Waals surface area contributed by atoms with Gasteiger partial charge in [-0.2, -0.15) is 0 Å². The van der Waals surface area contributed by atoms with Crippen LogP contribution in [0.5, 0.6) is 5.75 Å². The molecule has 1 saturated heterocycles. The molecule has 2 N–H and O–H groups in total. The van der Waals surface area contributed by atoms with Crippen LogP contribution in [-0.4, -0.2) is 30.6 Å². The highest BCUT2D eigenvalue weighted by atomic mass is 16.5. The summed E-state index contributed by atoms with van der Waals surface area (Å²) in [5.41, 5.74) is 8.81. The van der Waals surface area contributed by atoms with Gasteiger partial charge in [0.25, 0.3) is 0 Å². The summed E-state index contributed by atoms with van der Waals surface area (Å²) in [5.74, 6) is 0.971. The van der Waals surface area contributed by atoms with Crippen LogP contribution >= 0.6 is 0 Å². The van der Waals surface area contributed by atoms with Gasteiger partial charge < -0.3 is 10.5 Å². The van der Waals surface area contributed by atoms with Crippen LogP contribution in [0.3, 0.4) is 0 Å². The third kappa shape index (κ3) is 5.81. The predicted octanol–water partition coefficient (Wildman–Crippen LogP) is 5.16. The van der Waals surface area contributed by atoms with E-state index in [1.54, 1.807) is 0 Å². The second-order valence-electron chi connectivity index (χ2n) is 8.27. The molecule has 152 valence electrons. The van der Waals surface area contributed by atoms with E-state index in [-0.39, 0.29) is 0 Å². The number of hydrogen-bond acceptors (Lipinski definition) is 3. The Hall–Kier alpha value is -2.36. The summed E-state index contributed by atoms with van der Waals surface area (Å²) < 4.78 is 5.99. The van der Waals surface area contributed by atoms with Crippen LogP contribution in [0, 0.1) is 0 Å². The van der Waals surface area contributed by atoms with Crippen LogP contribution in [0.25, 0.3) is 10.8 Å². The molecule has 0 radical (unpaired) electrons. The molecule has 4 rings (SSSR count). The summed E-state index contributed by atoms with van der Waals surface area (Å²) in [6.45, 7) is 3.89. The molecule has 0 spiro atoms. The SMILES string of the molecule is N[C@@H]1CCN(Cc2ccc3cc(OCCCCCc4ccccc4)ccc3c2)C1. The molecule has 1 fully saturated rings. The van der Waals surface area contributed by atoms with Crippen LogP contribution in [0.4, 0.5) is 0 Å². The molecule has 0 aromatic heterocycles. The van der Waals surface area contributed by atoms with Crippen molar-refractivity contribution in [3.05, 3.63) is 77.9 Å². The van der Waals surface area contributed by atoms with E-state index in [1.807, 2.05) is 0 Å². The fraction of sp³-hybridized carbons (Fsp3) is 0.385. The van der Waals surface area contributed by atoms with Crippen molar-refractivity contribution < 1.29 is 4.74 Å². The Bertz CT molecular complexity index is 909. The quantitative estimate of drug-likeness (QED) is 0.514. The highest BCUT2D eigenvalue weighted by Crippen LogP contribution is 2.23. The molecule has 3 aromatic rings. The molecular formula is C26H32N2O. The van der Waals surface area contributed by atoms with Crippen molar-refractivity contribution in [2.75, 3.05) is 19.7 Å².